The molecule has 2 aromatic rings. The second-order valence-corrected chi connectivity index (χ2v) is 6.55. The van der Waals surface area contributed by atoms with Crippen LogP contribution in [0.2, 0.25) is 0 Å². The Kier molecular flexibility index (Phi) is 4.75. The molecule has 0 atom stereocenters. The number of anilines is 1. The summed E-state index contributed by atoms with van der Waals surface area (Å²) in [4.78, 5) is 19.6. The van der Waals surface area contributed by atoms with E-state index in [1.54, 1.807) is 0 Å². The fourth-order valence-electron chi connectivity index (χ4n) is 2.07. The highest BCUT2D eigenvalue weighted by molar-refractivity contribution is 7.13. The molecule has 0 aliphatic heterocycles. The van der Waals surface area contributed by atoms with E-state index in [9.17, 15) is 4.79 Å². The molecular weight excluding hydrogens is 282 g/mol. The zero-order valence-corrected chi connectivity index (χ0v) is 14.0. The Morgan fingerprint density at radius 2 is 2.00 bits per heavy atom. The maximum Gasteiger partial charge on any atom is 0.267 e. The first-order chi connectivity index (χ1) is 9.88. The molecule has 0 bridgehead atoms. The van der Waals surface area contributed by atoms with Crippen molar-refractivity contribution in [1.29, 1.82) is 0 Å². The summed E-state index contributed by atoms with van der Waals surface area (Å²) in [5, 5.41) is 3.95. The van der Waals surface area contributed by atoms with Gasteiger partial charge in [0, 0.05) is 12.2 Å². The molecule has 112 valence electrons. The van der Waals surface area contributed by atoms with E-state index in [0.717, 1.165) is 28.5 Å². The van der Waals surface area contributed by atoms with Crippen LogP contribution in [0, 0.1) is 20.8 Å². The fraction of sp³-hybridized carbons (Fsp3) is 0.375. The van der Waals surface area contributed by atoms with Crippen molar-refractivity contribution in [2.45, 2.75) is 27.3 Å². The van der Waals surface area contributed by atoms with Crippen LogP contribution in [-0.2, 0) is 6.54 Å². The number of aromatic nitrogens is 1. The number of nitrogens with zero attached hydrogens (tertiary/aromatic N) is 2. The first-order valence-corrected chi connectivity index (χ1v) is 7.68. The number of amides is 1. The highest BCUT2D eigenvalue weighted by Gasteiger charge is 2.16. The van der Waals surface area contributed by atoms with Crippen LogP contribution < -0.4 is 5.32 Å². The van der Waals surface area contributed by atoms with E-state index in [-0.39, 0.29) is 5.91 Å². The minimum atomic E-state index is -0.0799. The number of nitrogens with one attached hydrogen (secondary N) is 1. The summed E-state index contributed by atoms with van der Waals surface area (Å²) in [5.41, 5.74) is 3.92. The number of hydrogen-bond donors (Lipinski definition) is 1. The standard InChI is InChI=1S/C16H21N3OS/c1-10-7-6-8-13(11(10)2)18-16(20)15-12(3)17-14(21-15)9-19(4)5/h6-8H,9H2,1-5H3,(H,18,20). The molecule has 0 aliphatic carbocycles. The summed E-state index contributed by atoms with van der Waals surface area (Å²) < 4.78 is 0. The second kappa shape index (κ2) is 6.37. The minimum absolute atomic E-state index is 0.0799. The highest BCUT2D eigenvalue weighted by Crippen LogP contribution is 2.23. The predicted molar refractivity (Wildman–Crippen MR) is 88.1 cm³/mol. The van der Waals surface area contributed by atoms with Gasteiger partial charge in [0.25, 0.3) is 5.91 Å². The van der Waals surface area contributed by atoms with Gasteiger partial charge in [-0.25, -0.2) is 4.98 Å². The van der Waals surface area contributed by atoms with Gasteiger partial charge >= 0.3 is 0 Å². The first-order valence-electron chi connectivity index (χ1n) is 6.87. The zero-order valence-electron chi connectivity index (χ0n) is 13.2. The molecule has 4 nitrogen and oxygen atoms in total. The third kappa shape index (κ3) is 3.68. The molecule has 0 fully saturated rings. The summed E-state index contributed by atoms with van der Waals surface area (Å²) in [6.07, 6.45) is 0. The average molecular weight is 303 g/mol. The van der Waals surface area contributed by atoms with Crippen LogP contribution in [-0.4, -0.2) is 29.9 Å². The number of aryl methyl sites for hydroxylation is 2. The van der Waals surface area contributed by atoms with Crippen molar-refractivity contribution in [3.05, 3.63) is 44.9 Å². The van der Waals surface area contributed by atoms with Gasteiger partial charge in [0.2, 0.25) is 0 Å². The molecule has 1 amide bonds. The SMILES string of the molecule is Cc1cccc(NC(=O)c2sc(CN(C)C)nc2C)c1C. The summed E-state index contributed by atoms with van der Waals surface area (Å²) in [6, 6.07) is 5.92. The largest absolute Gasteiger partial charge is 0.321 e. The van der Waals surface area contributed by atoms with Crippen molar-refractivity contribution >= 4 is 22.9 Å². The lowest BCUT2D eigenvalue weighted by Crippen LogP contribution is -2.12. The van der Waals surface area contributed by atoms with Gasteiger partial charge in [-0.3, -0.25) is 4.79 Å². The molecule has 0 spiro atoms. The van der Waals surface area contributed by atoms with E-state index in [2.05, 4.69) is 10.3 Å². The van der Waals surface area contributed by atoms with Crippen molar-refractivity contribution in [2.75, 3.05) is 19.4 Å². The van der Waals surface area contributed by atoms with Crippen LogP contribution in [0.25, 0.3) is 0 Å². The fourth-order valence-corrected chi connectivity index (χ4v) is 3.14. The van der Waals surface area contributed by atoms with Crippen molar-refractivity contribution in [2.24, 2.45) is 0 Å². The molecule has 21 heavy (non-hydrogen) atoms. The predicted octanol–water partition coefficient (Wildman–Crippen LogP) is 3.38. The van der Waals surface area contributed by atoms with Gasteiger partial charge in [-0.15, -0.1) is 11.3 Å². The van der Waals surface area contributed by atoms with Gasteiger partial charge in [0.15, 0.2) is 0 Å². The van der Waals surface area contributed by atoms with Crippen LogP contribution >= 0.6 is 11.3 Å². The van der Waals surface area contributed by atoms with E-state index in [1.807, 2.05) is 58.0 Å². The third-order valence-corrected chi connectivity index (χ3v) is 4.49. The Hall–Kier alpha value is -1.72. The molecule has 1 aromatic carbocycles. The van der Waals surface area contributed by atoms with Gasteiger partial charge in [-0.1, -0.05) is 12.1 Å². The van der Waals surface area contributed by atoms with Crippen molar-refractivity contribution < 1.29 is 4.79 Å². The molecular formula is C16H21N3OS. The number of hydrogen-bond acceptors (Lipinski definition) is 4. The smallest absolute Gasteiger partial charge is 0.267 e. The number of carbonyl (C=O) groups excluding carboxylic acids is 1. The van der Waals surface area contributed by atoms with Crippen LogP contribution in [0.1, 0.15) is 31.5 Å². The average Bonchev–Trinajstić information content (AvgIpc) is 2.75. The van der Waals surface area contributed by atoms with Crippen molar-refractivity contribution in [3.63, 3.8) is 0 Å². The first kappa shape index (κ1) is 15.7. The Labute approximate surface area is 129 Å². The maximum atomic E-state index is 12.4. The molecule has 2 rings (SSSR count). The van der Waals surface area contributed by atoms with Gasteiger partial charge in [-0.05, 0) is 52.1 Å². The topological polar surface area (TPSA) is 45.2 Å². The van der Waals surface area contributed by atoms with Gasteiger partial charge in [0.05, 0.1) is 5.69 Å². The van der Waals surface area contributed by atoms with E-state index < -0.39 is 0 Å². The monoisotopic (exact) mass is 303 g/mol. The van der Waals surface area contributed by atoms with Crippen LogP contribution in [0.5, 0.6) is 0 Å². The number of thiazole rings is 1. The van der Waals surface area contributed by atoms with E-state index in [0.29, 0.717) is 4.88 Å². The summed E-state index contributed by atoms with van der Waals surface area (Å²) in [6.45, 7) is 6.69. The molecule has 0 saturated carbocycles. The van der Waals surface area contributed by atoms with Crippen LogP contribution in [0.15, 0.2) is 18.2 Å². The summed E-state index contributed by atoms with van der Waals surface area (Å²) in [5.74, 6) is -0.0799. The third-order valence-electron chi connectivity index (χ3n) is 3.35. The molecule has 0 saturated heterocycles. The lowest BCUT2D eigenvalue weighted by atomic mass is 10.1. The molecule has 1 aromatic heterocycles. The zero-order chi connectivity index (χ0) is 15.6. The Bertz CT molecular complexity index is 662. The van der Waals surface area contributed by atoms with E-state index >= 15 is 0 Å². The van der Waals surface area contributed by atoms with Crippen molar-refractivity contribution in [1.82, 2.24) is 9.88 Å². The van der Waals surface area contributed by atoms with Crippen molar-refractivity contribution in [3.8, 4) is 0 Å². The quantitative estimate of drug-likeness (QED) is 0.941. The number of rotatable bonds is 4. The summed E-state index contributed by atoms with van der Waals surface area (Å²) in [7, 11) is 3.99. The number of carbonyl (C=O) groups is 1. The summed E-state index contributed by atoms with van der Waals surface area (Å²) >= 11 is 1.46. The van der Waals surface area contributed by atoms with E-state index in [1.165, 1.54) is 16.9 Å². The normalized spacial score (nSPS) is 11.0. The maximum absolute atomic E-state index is 12.4. The lowest BCUT2D eigenvalue weighted by molar-refractivity contribution is 0.102. The number of benzene rings is 1. The lowest BCUT2D eigenvalue weighted by Gasteiger charge is -2.09. The molecule has 0 aliphatic rings. The van der Waals surface area contributed by atoms with Crippen LogP contribution in [0.4, 0.5) is 5.69 Å². The van der Waals surface area contributed by atoms with Gasteiger partial charge in [0.1, 0.15) is 9.88 Å². The Balaban J connectivity index is 2.20. The highest BCUT2D eigenvalue weighted by atomic mass is 32.1. The molecule has 1 N–H and O–H groups in total. The molecule has 5 heteroatoms. The Morgan fingerprint density at radius 3 is 2.67 bits per heavy atom. The Morgan fingerprint density at radius 1 is 1.29 bits per heavy atom. The molecule has 0 radical (unpaired) electrons. The van der Waals surface area contributed by atoms with Crippen LogP contribution in [0.3, 0.4) is 0 Å². The molecule has 1 heterocycles. The van der Waals surface area contributed by atoms with Gasteiger partial charge in [-0.2, -0.15) is 0 Å². The minimum Gasteiger partial charge on any atom is -0.321 e. The van der Waals surface area contributed by atoms with E-state index in [4.69, 9.17) is 0 Å². The second-order valence-electron chi connectivity index (χ2n) is 5.46. The van der Waals surface area contributed by atoms with Gasteiger partial charge < -0.3 is 10.2 Å². The molecule has 0 unspecified atom stereocenters.